The number of amides is 1. The number of aryl methyl sites for hydroxylation is 2. The molecule has 0 unspecified atom stereocenters. The highest BCUT2D eigenvalue weighted by Gasteiger charge is 2.24. The molecular formula is C20H20N2O3S. The molecule has 1 aliphatic heterocycles. The number of nitrogens with zero attached hydrogens (tertiary/aromatic N) is 1. The van der Waals surface area contributed by atoms with Crippen LogP contribution in [0.25, 0.3) is 6.08 Å². The average Bonchev–Trinajstić information content (AvgIpc) is 2.96. The molecule has 0 atom stereocenters. The Bertz CT molecular complexity index is 919. The number of carbonyl (C=O) groups is 1. The van der Waals surface area contributed by atoms with Crippen LogP contribution in [-0.2, 0) is 4.79 Å². The Hall–Kier alpha value is -2.73. The standard InChI is InChI=1S/C20H20N2O3S/c1-12-5-8-17(25-4)16(9-12)21-20-22-19(23)18(26-20)11-14-6-7-15(24-3)10-13(14)2/h5-11H,1-4H3,(H,21,22,23)/b18-11-. The van der Waals surface area contributed by atoms with Gasteiger partial charge >= 0.3 is 0 Å². The SMILES string of the molecule is COc1ccc(/C=C2\SC(=Nc3cc(C)ccc3OC)NC2=O)c(C)c1. The summed E-state index contributed by atoms with van der Waals surface area (Å²) in [6, 6.07) is 11.5. The molecule has 0 saturated carbocycles. The zero-order valence-electron chi connectivity index (χ0n) is 15.1. The van der Waals surface area contributed by atoms with Crippen LogP contribution in [0.3, 0.4) is 0 Å². The zero-order valence-corrected chi connectivity index (χ0v) is 15.9. The summed E-state index contributed by atoms with van der Waals surface area (Å²) in [4.78, 5) is 17.4. The number of hydrogen-bond acceptors (Lipinski definition) is 5. The molecule has 26 heavy (non-hydrogen) atoms. The number of thioether (sulfide) groups is 1. The maximum Gasteiger partial charge on any atom is 0.264 e. The van der Waals surface area contributed by atoms with Crippen molar-refractivity contribution in [3.63, 3.8) is 0 Å². The molecule has 1 aliphatic rings. The maximum atomic E-state index is 12.3. The molecule has 3 rings (SSSR count). The van der Waals surface area contributed by atoms with Crippen molar-refractivity contribution < 1.29 is 14.3 Å². The highest BCUT2D eigenvalue weighted by atomic mass is 32.2. The van der Waals surface area contributed by atoms with E-state index in [0.717, 1.165) is 22.4 Å². The number of nitrogens with one attached hydrogen (secondary N) is 1. The van der Waals surface area contributed by atoms with E-state index in [1.165, 1.54) is 11.8 Å². The van der Waals surface area contributed by atoms with Crippen molar-refractivity contribution in [2.75, 3.05) is 14.2 Å². The second-order valence-electron chi connectivity index (χ2n) is 5.88. The monoisotopic (exact) mass is 368 g/mol. The Labute approximate surface area is 157 Å². The Morgan fingerprint density at radius 1 is 1.08 bits per heavy atom. The first-order chi connectivity index (χ1) is 12.5. The molecule has 0 aromatic heterocycles. The molecule has 0 radical (unpaired) electrons. The van der Waals surface area contributed by atoms with Gasteiger partial charge in [0.2, 0.25) is 0 Å². The molecule has 2 aromatic rings. The molecule has 0 aliphatic carbocycles. The molecular weight excluding hydrogens is 348 g/mol. The van der Waals surface area contributed by atoms with Crippen molar-refractivity contribution in [1.82, 2.24) is 5.32 Å². The van der Waals surface area contributed by atoms with Crippen molar-refractivity contribution in [2.45, 2.75) is 13.8 Å². The second kappa shape index (κ2) is 7.66. The molecule has 1 saturated heterocycles. The van der Waals surface area contributed by atoms with Crippen LogP contribution in [0, 0.1) is 13.8 Å². The van der Waals surface area contributed by atoms with Crippen LogP contribution in [0.2, 0.25) is 0 Å². The molecule has 6 heteroatoms. The number of amidine groups is 1. The van der Waals surface area contributed by atoms with E-state index in [2.05, 4.69) is 10.3 Å². The summed E-state index contributed by atoms with van der Waals surface area (Å²) >= 11 is 1.32. The lowest BCUT2D eigenvalue weighted by Crippen LogP contribution is -2.19. The summed E-state index contributed by atoms with van der Waals surface area (Å²) in [5, 5.41) is 3.35. The fraction of sp³-hybridized carbons (Fsp3) is 0.200. The third kappa shape index (κ3) is 3.91. The van der Waals surface area contributed by atoms with Crippen LogP contribution in [0.5, 0.6) is 11.5 Å². The minimum Gasteiger partial charge on any atom is -0.497 e. The summed E-state index contributed by atoms with van der Waals surface area (Å²) in [5.74, 6) is 1.30. The number of ether oxygens (including phenoxy) is 2. The van der Waals surface area contributed by atoms with E-state index in [1.807, 2.05) is 56.3 Å². The molecule has 1 amide bonds. The summed E-state index contributed by atoms with van der Waals surface area (Å²) in [6.07, 6.45) is 1.87. The maximum absolute atomic E-state index is 12.3. The molecule has 1 fully saturated rings. The highest BCUT2D eigenvalue weighted by Crippen LogP contribution is 2.33. The lowest BCUT2D eigenvalue weighted by atomic mass is 10.1. The number of hydrogen-bond donors (Lipinski definition) is 1. The number of aliphatic imine (C=N–C) groups is 1. The third-order valence-corrected chi connectivity index (χ3v) is 4.88. The molecule has 134 valence electrons. The molecule has 5 nitrogen and oxygen atoms in total. The normalized spacial score (nSPS) is 16.8. The van der Waals surface area contributed by atoms with E-state index in [1.54, 1.807) is 14.2 Å². The van der Waals surface area contributed by atoms with Gasteiger partial charge in [-0.2, -0.15) is 0 Å². The van der Waals surface area contributed by atoms with E-state index in [-0.39, 0.29) is 5.91 Å². The Morgan fingerprint density at radius 2 is 1.88 bits per heavy atom. The van der Waals surface area contributed by atoms with Gasteiger partial charge in [0.05, 0.1) is 19.1 Å². The van der Waals surface area contributed by atoms with E-state index in [4.69, 9.17) is 9.47 Å². The summed E-state index contributed by atoms with van der Waals surface area (Å²) in [6.45, 7) is 3.97. The van der Waals surface area contributed by atoms with Gasteiger partial charge in [-0.15, -0.1) is 0 Å². The van der Waals surface area contributed by atoms with Crippen LogP contribution in [0.4, 0.5) is 5.69 Å². The smallest absolute Gasteiger partial charge is 0.264 e. The van der Waals surface area contributed by atoms with Gasteiger partial charge in [-0.05, 0) is 72.6 Å². The van der Waals surface area contributed by atoms with Crippen molar-refractivity contribution >= 4 is 34.6 Å². The van der Waals surface area contributed by atoms with E-state index < -0.39 is 0 Å². The van der Waals surface area contributed by atoms with E-state index in [9.17, 15) is 4.79 Å². The van der Waals surface area contributed by atoms with Gasteiger partial charge < -0.3 is 14.8 Å². The number of rotatable bonds is 4. The number of benzene rings is 2. The van der Waals surface area contributed by atoms with Gasteiger partial charge in [0.25, 0.3) is 5.91 Å². The highest BCUT2D eigenvalue weighted by molar-refractivity contribution is 8.18. The molecule has 0 spiro atoms. The van der Waals surface area contributed by atoms with Gasteiger partial charge in [0.15, 0.2) is 5.17 Å². The van der Waals surface area contributed by atoms with E-state index in [0.29, 0.717) is 21.5 Å². The van der Waals surface area contributed by atoms with Crippen molar-refractivity contribution in [1.29, 1.82) is 0 Å². The second-order valence-corrected chi connectivity index (χ2v) is 6.91. The lowest BCUT2D eigenvalue weighted by molar-refractivity contribution is -0.115. The number of methoxy groups -OCH3 is 2. The predicted octanol–water partition coefficient (Wildman–Crippen LogP) is 4.21. The van der Waals surface area contributed by atoms with Crippen LogP contribution in [0.1, 0.15) is 16.7 Å². The van der Waals surface area contributed by atoms with Crippen LogP contribution in [0.15, 0.2) is 46.3 Å². The topological polar surface area (TPSA) is 59.9 Å². The molecule has 0 bridgehead atoms. The lowest BCUT2D eigenvalue weighted by Gasteiger charge is -2.05. The number of carbonyl (C=O) groups excluding carboxylic acids is 1. The van der Waals surface area contributed by atoms with Gasteiger partial charge in [0, 0.05) is 0 Å². The fourth-order valence-electron chi connectivity index (χ4n) is 2.56. The Balaban J connectivity index is 1.88. The zero-order chi connectivity index (χ0) is 18.7. The first kappa shape index (κ1) is 18.1. The fourth-order valence-corrected chi connectivity index (χ4v) is 3.38. The average molecular weight is 368 g/mol. The van der Waals surface area contributed by atoms with Gasteiger partial charge in [-0.3, -0.25) is 4.79 Å². The summed E-state index contributed by atoms with van der Waals surface area (Å²) < 4.78 is 10.6. The largest absolute Gasteiger partial charge is 0.497 e. The summed E-state index contributed by atoms with van der Waals surface area (Å²) in [7, 11) is 3.24. The van der Waals surface area contributed by atoms with Crippen LogP contribution in [-0.4, -0.2) is 25.3 Å². The van der Waals surface area contributed by atoms with Crippen LogP contribution < -0.4 is 14.8 Å². The Kier molecular flexibility index (Phi) is 5.32. The molecule has 2 aromatic carbocycles. The molecule has 1 heterocycles. The first-order valence-electron chi connectivity index (χ1n) is 8.09. The summed E-state index contributed by atoms with van der Waals surface area (Å²) in [5.41, 5.74) is 3.77. The van der Waals surface area contributed by atoms with Gasteiger partial charge in [0.1, 0.15) is 17.2 Å². The Morgan fingerprint density at radius 3 is 2.58 bits per heavy atom. The third-order valence-electron chi connectivity index (χ3n) is 3.97. The van der Waals surface area contributed by atoms with E-state index >= 15 is 0 Å². The predicted molar refractivity (Wildman–Crippen MR) is 106 cm³/mol. The molecule has 1 N–H and O–H groups in total. The minimum atomic E-state index is -0.157. The van der Waals surface area contributed by atoms with Crippen molar-refractivity contribution in [3.05, 3.63) is 58.0 Å². The van der Waals surface area contributed by atoms with Gasteiger partial charge in [-0.25, -0.2) is 4.99 Å². The van der Waals surface area contributed by atoms with Crippen molar-refractivity contribution in [3.8, 4) is 11.5 Å². The van der Waals surface area contributed by atoms with Crippen molar-refractivity contribution in [2.24, 2.45) is 4.99 Å². The quantitative estimate of drug-likeness (QED) is 0.821. The first-order valence-corrected chi connectivity index (χ1v) is 8.90. The van der Waals surface area contributed by atoms with Gasteiger partial charge in [-0.1, -0.05) is 12.1 Å². The van der Waals surface area contributed by atoms with Crippen LogP contribution >= 0.6 is 11.8 Å². The minimum absolute atomic E-state index is 0.157.